The van der Waals surface area contributed by atoms with E-state index < -0.39 is 97.5 Å². The van der Waals surface area contributed by atoms with Crippen molar-refractivity contribution in [2.75, 3.05) is 39.6 Å². The first-order valence-electron chi connectivity index (χ1n) is 43.0. The standard InChI is InChI=1S/C83H162O17P2/c1-7-9-11-13-15-17-19-36-43-49-55-61-67-82(87)99-78(71-93-80(85)65-59-53-47-41-18-16-14-12-10-8-2)73-97-101(89,90)95-69-77(84)70-96-102(91,92)98-74-79(72-94-81(86)66-60-54-48-42-37-32-28-25-24-27-31-35-40-46-52-58-64-76(5)6)100-83(88)68-62-56-50-44-38-33-29-23-21-20-22-26-30-34-39-45-51-57-63-75(3)4/h75-79,84H,7-74H2,1-6H3,(H,89,90)(H,91,92)/t77-,78+,79+/m0/s1. The molecule has 17 nitrogen and oxygen atoms in total. The molecule has 0 saturated carbocycles. The molecule has 0 spiro atoms. The van der Waals surface area contributed by atoms with E-state index in [-0.39, 0.29) is 25.7 Å². The summed E-state index contributed by atoms with van der Waals surface area (Å²) in [5, 5.41) is 10.6. The number of aliphatic hydroxyl groups excluding tert-OH is 1. The molecule has 606 valence electrons. The Morgan fingerprint density at radius 1 is 0.265 bits per heavy atom. The van der Waals surface area contributed by atoms with Crippen LogP contribution < -0.4 is 0 Å². The first-order valence-corrected chi connectivity index (χ1v) is 46.0. The summed E-state index contributed by atoms with van der Waals surface area (Å²) in [6.45, 7) is 9.71. The number of esters is 4. The molecule has 0 aliphatic rings. The minimum absolute atomic E-state index is 0.108. The zero-order chi connectivity index (χ0) is 74.9. The van der Waals surface area contributed by atoms with Crippen LogP contribution in [0.4, 0.5) is 0 Å². The summed E-state index contributed by atoms with van der Waals surface area (Å²) in [5.74, 6) is -0.472. The number of phosphoric ester groups is 2. The van der Waals surface area contributed by atoms with Crippen molar-refractivity contribution in [3.05, 3.63) is 0 Å². The van der Waals surface area contributed by atoms with Crippen molar-refractivity contribution >= 4 is 39.5 Å². The molecule has 0 bridgehead atoms. The fraction of sp³-hybridized carbons (Fsp3) is 0.952. The molecule has 5 atom stereocenters. The molecule has 0 rings (SSSR count). The lowest BCUT2D eigenvalue weighted by atomic mass is 10.0. The maximum absolute atomic E-state index is 13.1. The van der Waals surface area contributed by atoms with Crippen LogP contribution >= 0.6 is 15.6 Å². The van der Waals surface area contributed by atoms with Crippen LogP contribution in [0.2, 0.25) is 0 Å². The number of carbonyl (C=O) groups excluding carboxylic acids is 4. The predicted molar refractivity (Wildman–Crippen MR) is 418 cm³/mol. The number of carbonyl (C=O) groups is 4. The minimum atomic E-state index is -4.96. The second kappa shape index (κ2) is 74.5. The quantitative estimate of drug-likeness (QED) is 0.0222. The van der Waals surface area contributed by atoms with Gasteiger partial charge in [-0.15, -0.1) is 0 Å². The Balaban J connectivity index is 5.21. The molecule has 0 aromatic heterocycles. The van der Waals surface area contributed by atoms with E-state index in [1.54, 1.807) is 0 Å². The van der Waals surface area contributed by atoms with Crippen LogP contribution in [0.25, 0.3) is 0 Å². The summed E-state index contributed by atoms with van der Waals surface area (Å²) in [6, 6.07) is 0. The Morgan fingerprint density at radius 2 is 0.451 bits per heavy atom. The van der Waals surface area contributed by atoms with Gasteiger partial charge < -0.3 is 33.8 Å². The molecule has 102 heavy (non-hydrogen) atoms. The molecule has 0 aliphatic carbocycles. The number of ether oxygens (including phenoxy) is 4. The Labute approximate surface area is 626 Å². The summed E-state index contributed by atoms with van der Waals surface area (Å²) in [6.07, 6.45) is 65.2. The third-order valence-corrected chi connectivity index (χ3v) is 21.4. The Kier molecular flexibility index (Phi) is 73.1. The van der Waals surface area contributed by atoms with E-state index >= 15 is 0 Å². The van der Waals surface area contributed by atoms with E-state index in [1.165, 1.54) is 257 Å². The molecule has 0 heterocycles. The SMILES string of the molecule is CCCCCCCCCCCCCCC(=O)O[C@H](COC(=O)CCCCCCCCCCCC)COP(=O)(O)OC[C@H](O)COP(=O)(O)OC[C@@H](COC(=O)CCCCCCCCCCCCCCCCCCC(C)C)OC(=O)CCCCCCCCCCCCCCCCCCCCC(C)C. The van der Waals surface area contributed by atoms with Gasteiger partial charge in [0.05, 0.1) is 26.4 Å². The fourth-order valence-electron chi connectivity index (χ4n) is 12.9. The van der Waals surface area contributed by atoms with Gasteiger partial charge in [0.15, 0.2) is 12.2 Å². The topological polar surface area (TPSA) is 237 Å². The smallest absolute Gasteiger partial charge is 0.462 e. The number of hydrogen-bond acceptors (Lipinski definition) is 15. The third kappa shape index (κ3) is 76.3. The second-order valence-corrected chi connectivity index (χ2v) is 33.7. The largest absolute Gasteiger partial charge is 0.472 e. The van der Waals surface area contributed by atoms with Crippen molar-refractivity contribution in [1.82, 2.24) is 0 Å². The highest BCUT2D eigenvalue weighted by molar-refractivity contribution is 7.47. The lowest BCUT2D eigenvalue weighted by Gasteiger charge is -2.21. The van der Waals surface area contributed by atoms with E-state index in [2.05, 4.69) is 41.5 Å². The lowest BCUT2D eigenvalue weighted by molar-refractivity contribution is -0.161. The van der Waals surface area contributed by atoms with E-state index in [9.17, 15) is 43.2 Å². The molecule has 0 radical (unpaired) electrons. The third-order valence-electron chi connectivity index (χ3n) is 19.5. The minimum Gasteiger partial charge on any atom is -0.462 e. The fourth-order valence-corrected chi connectivity index (χ4v) is 14.5. The van der Waals surface area contributed by atoms with Crippen LogP contribution in [0.5, 0.6) is 0 Å². The zero-order valence-corrected chi connectivity index (χ0v) is 68.7. The van der Waals surface area contributed by atoms with Gasteiger partial charge in [-0.05, 0) is 37.5 Å². The van der Waals surface area contributed by atoms with E-state index in [4.69, 9.17) is 37.0 Å². The molecule has 0 saturated heterocycles. The number of unbranched alkanes of at least 4 members (excludes halogenated alkanes) is 52. The molecular weight excluding hydrogens is 1330 g/mol. The van der Waals surface area contributed by atoms with Gasteiger partial charge in [0, 0.05) is 25.7 Å². The molecule has 0 fully saturated rings. The van der Waals surface area contributed by atoms with Crippen molar-refractivity contribution in [3.63, 3.8) is 0 Å². The molecular formula is C83H162O17P2. The van der Waals surface area contributed by atoms with Crippen LogP contribution in [0, 0.1) is 11.8 Å². The molecule has 0 aromatic carbocycles. The lowest BCUT2D eigenvalue weighted by Crippen LogP contribution is -2.30. The number of hydrogen-bond donors (Lipinski definition) is 3. The number of phosphoric acid groups is 2. The maximum atomic E-state index is 13.1. The average Bonchev–Trinajstić information content (AvgIpc) is 0.912. The van der Waals surface area contributed by atoms with Crippen molar-refractivity contribution in [2.24, 2.45) is 11.8 Å². The van der Waals surface area contributed by atoms with Crippen molar-refractivity contribution < 1.29 is 80.2 Å². The van der Waals surface area contributed by atoms with Gasteiger partial charge in [-0.3, -0.25) is 37.3 Å². The summed E-state index contributed by atoms with van der Waals surface area (Å²) in [7, 11) is -9.92. The predicted octanol–water partition coefficient (Wildman–Crippen LogP) is 25.1. The van der Waals surface area contributed by atoms with Crippen LogP contribution in [0.3, 0.4) is 0 Å². The molecule has 0 aliphatic heterocycles. The Hall–Kier alpha value is -1.94. The van der Waals surface area contributed by atoms with Gasteiger partial charge in [0.2, 0.25) is 0 Å². The van der Waals surface area contributed by atoms with Crippen LogP contribution in [-0.2, 0) is 65.4 Å². The molecule has 0 amide bonds. The van der Waals surface area contributed by atoms with Crippen molar-refractivity contribution in [3.8, 4) is 0 Å². The van der Waals surface area contributed by atoms with Gasteiger partial charge in [0.1, 0.15) is 19.3 Å². The Morgan fingerprint density at radius 3 is 0.667 bits per heavy atom. The normalized spacial score (nSPS) is 13.9. The number of aliphatic hydroxyl groups is 1. The van der Waals surface area contributed by atoms with Gasteiger partial charge in [-0.1, -0.05) is 388 Å². The van der Waals surface area contributed by atoms with Crippen LogP contribution in [0.1, 0.15) is 440 Å². The monoisotopic (exact) mass is 1490 g/mol. The van der Waals surface area contributed by atoms with E-state index in [0.29, 0.717) is 25.7 Å². The van der Waals surface area contributed by atoms with E-state index in [1.807, 2.05) is 0 Å². The summed E-state index contributed by atoms with van der Waals surface area (Å²) in [4.78, 5) is 73.0. The first-order chi connectivity index (χ1) is 49.4. The number of rotatable bonds is 82. The highest BCUT2D eigenvalue weighted by Crippen LogP contribution is 2.45. The van der Waals surface area contributed by atoms with Gasteiger partial charge in [-0.25, -0.2) is 9.13 Å². The van der Waals surface area contributed by atoms with Gasteiger partial charge in [0.25, 0.3) is 0 Å². The molecule has 19 heteroatoms. The summed E-state index contributed by atoms with van der Waals surface area (Å²) >= 11 is 0. The van der Waals surface area contributed by atoms with Crippen LogP contribution in [-0.4, -0.2) is 96.7 Å². The van der Waals surface area contributed by atoms with Gasteiger partial charge >= 0.3 is 39.5 Å². The average molecular weight is 1490 g/mol. The first kappa shape index (κ1) is 100. The van der Waals surface area contributed by atoms with Crippen molar-refractivity contribution in [2.45, 2.75) is 458 Å². The molecule has 0 aromatic rings. The molecule has 3 N–H and O–H groups in total. The summed E-state index contributed by atoms with van der Waals surface area (Å²) in [5.41, 5.74) is 0. The van der Waals surface area contributed by atoms with Gasteiger partial charge in [-0.2, -0.15) is 0 Å². The van der Waals surface area contributed by atoms with Crippen LogP contribution in [0.15, 0.2) is 0 Å². The Bertz CT molecular complexity index is 1960. The highest BCUT2D eigenvalue weighted by Gasteiger charge is 2.30. The molecule has 2 unspecified atom stereocenters. The maximum Gasteiger partial charge on any atom is 0.472 e. The second-order valence-electron chi connectivity index (χ2n) is 30.8. The highest BCUT2D eigenvalue weighted by atomic mass is 31.2. The van der Waals surface area contributed by atoms with Crippen molar-refractivity contribution in [1.29, 1.82) is 0 Å². The zero-order valence-electron chi connectivity index (χ0n) is 66.9. The summed E-state index contributed by atoms with van der Waals surface area (Å²) < 4.78 is 68.7. The van der Waals surface area contributed by atoms with E-state index in [0.717, 1.165) is 102 Å².